The van der Waals surface area contributed by atoms with E-state index in [1.165, 1.54) is 0 Å². The summed E-state index contributed by atoms with van der Waals surface area (Å²) in [6.45, 7) is 5.48. The molecule has 0 aliphatic rings. The smallest absolute Gasteiger partial charge is 0.133 e. The minimum atomic E-state index is 0.477. The summed E-state index contributed by atoms with van der Waals surface area (Å²) < 4.78 is 9.00. The highest BCUT2D eigenvalue weighted by molar-refractivity contribution is 9.10. The van der Waals surface area contributed by atoms with E-state index in [0.29, 0.717) is 6.61 Å². The molecule has 0 aliphatic heterocycles. The third-order valence-electron chi connectivity index (χ3n) is 3.55. The molecule has 0 atom stereocenters. The number of nitrogens with zero attached hydrogens (tertiary/aromatic N) is 2. The zero-order valence-corrected chi connectivity index (χ0v) is 13.7. The molecular formula is C17H17BrN2O. The number of hydrogen-bond donors (Lipinski definition) is 0. The minimum absolute atomic E-state index is 0.477. The predicted molar refractivity (Wildman–Crippen MR) is 88.6 cm³/mol. The first-order valence-corrected chi connectivity index (χ1v) is 7.81. The predicted octanol–water partition coefficient (Wildman–Crippen LogP) is 4.71. The molecule has 1 heterocycles. The fraction of sp³-hybridized carbons (Fsp3) is 0.235. The molecular weight excluding hydrogens is 328 g/mol. The van der Waals surface area contributed by atoms with Crippen LogP contribution in [0.3, 0.4) is 0 Å². The molecule has 0 aliphatic carbocycles. The number of ether oxygens (including phenoxy) is 1. The lowest BCUT2D eigenvalue weighted by atomic mass is 10.2. The summed E-state index contributed by atoms with van der Waals surface area (Å²) in [6.07, 6.45) is 0. The third-order valence-corrected chi connectivity index (χ3v) is 4.04. The fourth-order valence-corrected chi connectivity index (χ4v) is 2.76. The molecule has 3 aromatic rings. The fourth-order valence-electron chi connectivity index (χ4n) is 2.42. The van der Waals surface area contributed by atoms with Gasteiger partial charge in [0, 0.05) is 16.4 Å². The van der Waals surface area contributed by atoms with Gasteiger partial charge >= 0.3 is 0 Å². The largest absolute Gasteiger partial charge is 0.487 e. The van der Waals surface area contributed by atoms with Crippen molar-refractivity contribution in [3.63, 3.8) is 0 Å². The van der Waals surface area contributed by atoms with Gasteiger partial charge in [-0.25, -0.2) is 0 Å². The Morgan fingerprint density at radius 3 is 2.81 bits per heavy atom. The van der Waals surface area contributed by atoms with E-state index >= 15 is 0 Å². The number of hydrogen-bond acceptors (Lipinski definition) is 2. The van der Waals surface area contributed by atoms with Gasteiger partial charge in [-0.2, -0.15) is 5.10 Å². The van der Waals surface area contributed by atoms with Gasteiger partial charge in [0.05, 0.1) is 5.52 Å². The van der Waals surface area contributed by atoms with Crippen molar-refractivity contribution >= 4 is 26.8 Å². The van der Waals surface area contributed by atoms with Crippen molar-refractivity contribution in [1.29, 1.82) is 0 Å². The quantitative estimate of drug-likeness (QED) is 0.685. The Labute approximate surface area is 132 Å². The number of rotatable bonds is 4. The van der Waals surface area contributed by atoms with Crippen molar-refractivity contribution in [2.45, 2.75) is 27.0 Å². The van der Waals surface area contributed by atoms with E-state index in [2.05, 4.69) is 40.1 Å². The van der Waals surface area contributed by atoms with E-state index in [1.807, 2.05) is 41.9 Å². The van der Waals surface area contributed by atoms with Gasteiger partial charge in [-0.05, 0) is 37.6 Å². The van der Waals surface area contributed by atoms with Gasteiger partial charge in [-0.15, -0.1) is 0 Å². The summed E-state index contributed by atoms with van der Waals surface area (Å²) in [4.78, 5) is 0. The highest BCUT2D eigenvalue weighted by Crippen LogP contribution is 2.25. The number of benzene rings is 2. The second-order valence-corrected chi connectivity index (χ2v) is 5.89. The number of halogens is 1. The molecule has 3 rings (SSSR count). The van der Waals surface area contributed by atoms with Gasteiger partial charge in [0.1, 0.15) is 18.1 Å². The van der Waals surface area contributed by atoms with Crippen LogP contribution in [0, 0.1) is 6.92 Å². The Balaban J connectivity index is 1.90. The van der Waals surface area contributed by atoms with Crippen LogP contribution >= 0.6 is 15.9 Å². The molecule has 21 heavy (non-hydrogen) atoms. The summed E-state index contributed by atoms with van der Waals surface area (Å²) >= 11 is 3.48. The standard InChI is InChI=1S/C17H17BrN2O/c1-3-20-16-7-5-4-6-14(16)15(19-20)11-21-17-10-13(18)9-8-12(17)2/h4-10H,3,11H2,1-2H3. The molecule has 0 N–H and O–H groups in total. The van der Waals surface area contributed by atoms with Crippen LogP contribution in [0.4, 0.5) is 0 Å². The van der Waals surface area contributed by atoms with Crippen molar-refractivity contribution in [2.75, 3.05) is 0 Å². The summed E-state index contributed by atoms with van der Waals surface area (Å²) in [7, 11) is 0. The average molecular weight is 345 g/mol. The summed E-state index contributed by atoms with van der Waals surface area (Å²) in [5.74, 6) is 0.888. The van der Waals surface area contributed by atoms with Crippen LogP contribution in [0.5, 0.6) is 5.75 Å². The molecule has 3 nitrogen and oxygen atoms in total. The lowest BCUT2D eigenvalue weighted by molar-refractivity contribution is 0.298. The Bertz CT molecular complexity index is 780. The van der Waals surface area contributed by atoms with E-state index in [1.54, 1.807) is 0 Å². The molecule has 2 aromatic carbocycles. The van der Waals surface area contributed by atoms with Gasteiger partial charge in [-0.3, -0.25) is 4.68 Å². The van der Waals surface area contributed by atoms with Crippen molar-refractivity contribution in [3.05, 3.63) is 58.2 Å². The van der Waals surface area contributed by atoms with Crippen molar-refractivity contribution in [2.24, 2.45) is 0 Å². The number of fused-ring (bicyclic) bond motifs is 1. The summed E-state index contributed by atoms with van der Waals surface area (Å²) in [5.41, 5.74) is 3.26. The SMILES string of the molecule is CCn1nc(COc2cc(Br)ccc2C)c2ccccc21. The Kier molecular flexibility index (Phi) is 3.97. The van der Waals surface area contributed by atoms with Crippen LogP contribution in [0.1, 0.15) is 18.2 Å². The molecule has 0 saturated heterocycles. The van der Waals surface area contributed by atoms with Crippen LogP contribution in [0.2, 0.25) is 0 Å². The van der Waals surface area contributed by atoms with Gasteiger partial charge in [-0.1, -0.05) is 40.2 Å². The monoisotopic (exact) mass is 344 g/mol. The van der Waals surface area contributed by atoms with E-state index in [0.717, 1.165) is 38.9 Å². The topological polar surface area (TPSA) is 27.1 Å². The first kappa shape index (κ1) is 14.1. The van der Waals surface area contributed by atoms with E-state index in [4.69, 9.17) is 4.74 Å². The maximum atomic E-state index is 5.96. The van der Waals surface area contributed by atoms with Crippen LogP contribution < -0.4 is 4.74 Å². The van der Waals surface area contributed by atoms with Gasteiger partial charge in [0.15, 0.2) is 0 Å². The van der Waals surface area contributed by atoms with Crippen LogP contribution in [-0.2, 0) is 13.2 Å². The second kappa shape index (κ2) is 5.90. The molecule has 0 unspecified atom stereocenters. The molecule has 108 valence electrons. The van der Waals surface area contributed by atoms with E-state index in [9.17, 15) is 0 Å². The molecule has 0 amide bonds. The third kappa shape index (κ3) is 2.81. The molecule has 0 bridgehead atoms. The lowest BCUT2D eigenvalue weighted by Crippen LogP contribution is -2.01. The molecule has 0 radical (unpaired) electrons. The minimum Gasteiger partial charge on any atom is -0.487 e. The Morgan fingerprint density at radius 2 is 2.00 bits per heavy atom. The van der Waals surface area contributed by atoms with Gasteiger partial charge < -0.3 is 4.74 Å². The average Bonchev–Trinajstić information content (AvgIpc) is 2.86. The first-order chi connectivity index (χ1) is 10.2. The summed E-state index contributed by atoms with van der Waals surface area (Å²) in [6, 6.07) is 14.3. The molecule has 4 heteroatoms. The Hall–Kier alpha value is -1.81. The Morgan fingerprint density at radius 1 is 1.19 bits per heavy atom. The van der Waals surface area contributed by atoms with E-state index < -0.39 is 0 Å². The van der Waals surface area contributed by atoms with Crippen molar-refractivity contribution in [1.82, 2.24) is 9.78 Å². The second-order valence-electron chi connectivity index (χ2n) is 4.98. The maximum Gasteiger partial charge on any atom is 0.133 e. The van der Waals surface area contributed by atoms with Crippen molar-refractivity contribution < 1.29 is 4.74 Å². The molecule has 0 saturated carbocycles. The zero-order chi connectivity index (χ0) is 14.8. The zero-order valence-electron chi connectivity index (χ0n) is 12.1. The molecule has 1 aromatic heterocycles. The van der Waals surface area contributed by atoms with Gasteiger partial charge in [0.25, 0.3) is 0 Å². The maximum absolute atomic E-state index is 5.96. The summed E-state index contributed by atoms with van der Waals surface area (Å²) in [5, 5.41) is 5.81. The van der Waals surface area contributed by atoms with Crippen LogP contribution in [0.15, 0.2) is 46.9 Å². The van der Waals surface area contributed by atoms with Crippen LogP contribution in [-0.4, -0.2) is 9.78 Å². The van der Waals surface area contributed by atoms with Gasteiger partial charge in [0.2, 0.25) is 0 Å². The number of para-hydroxylation sites is 1. The normalized spacial score (nSPS) is 11.0. The first-order valence-electron chi connectivity index (χ1n) is 7.02. The number of aromatic nitrogens is 2. The highest BCUT2D eigenvalue weighted by atomic mass is 79.9. The molecule has 0 spiro atoms. The molecule has 0 fully saturated rings. The van der Waals surface area contributed by atoms with E-state index in [-0.39, 0.29) is 0 Å². The van der Waals surface area contributed by atoms with Crippen LogP contribution in [0.25, 0.3) is 10.9 Å². The highest BCUT2D eigenvalue weighted by Gasteiger charge is 2.10. The van der Waals surface area contributed by atoms with Crippen molar-refractivity contribution in [3.8, 4) is 5.75 Å². The lowest BCUT2D eigenvalue weighted by Gasteiger charge is -2.08. The number of aryl methyl sites for hydroxylation is 2.